The van der Waals surface area contributed by atoms with E-state index in [0.29, 0.717) is 61.3 Å². The molecule has 0 radical (unpaired) electrons. The maximum atomic E-state index is 15.1. The van der Waals surface area contributed by atoms with Gasteiger partial charge in [-0.25, -0.2) is 8.78 Å². The molecule has 56 heavy (non-hydrogen) atoms. The van der Waals surface area contributed by atoms with Gasteiger partial charge < -0.3 is 4.90 Å². The van der Waals surface area contributed by atoms with Crippen molar-refractivity contribution in [2.45, 2.75) is 139 Å². The van der Waals surface area contributed by atoms with Gasteiger partial charge in [-0.2, -0.15) is 0 Å². The summed E-state index contributed by atoms with van der Waals surface area (Å²) in [5.41, 5.74) is 11.6. The van der Waals surface area contributed by atoms with Crippen LogP contribution in [0.15, 0.2) is 132 Å². The van der Waals surface area contributed by atoms with Crippen LogP contribution in [0.2, 0.25) is 0 Å². The Hall–Kier alpha value is -3.72. The van der Waals surface area contributed by atoms with Crippen molar-refractivity contribution < 1.29 is 8.78 Å². The SMILES string of the molecule is FC1CCC(C2(C3CCC(F)CC3)C3=CC(N(c4ccc(C5=CC=CCC5)cc4)C4C=CC(c5ccccc5)CC4)CC=C3C3=C2C=CC2CCCCC32)CC1. The van der Waals surface area contributed by atoms with E-state index >= 15 is 8.78 Å². The normalized spacial score (nSPS) is 36.5. The summed E-state index contributed by atoms with van der Waals surface area (Å²) in [4.78, 5) is 2.77. The van der Waals surface area contributed by atoms with Gasteiger partial charge in [-0.05, 0) is 171 Å². The van der Waals surface area contributed by atoms with E-state index in [0.717, 1.165) is 57.8 Å². The number of nitrogens with zero attached hydrogens (tertiary/aromatic N) is 1. The average Bonchev–Trinajstić information content (AvgIpc) is 3.56. The monoisotopic (exact) mass is 749 g/mol. The first-order chi connectivity index (χ1) is 27.6. The molecule has 5 atom stereocenters. The molecule has 3 saturated carbocycles. The van der Waals surface area contributed by atoms with Gasteiger partial charge in [0.1, 0.15) is 12.3 Å². The molecular formula is C53H61F2N. The van der Waals surface area contributed by atoms with Crippen LogP contribution in [0, 0.1) is 29.1 Å². The smallest absolute Gasteiger partial charge is 0.100 e. The molecule has 8 aliphatic carbocycles. The van der Waals surface area contributed by atoms with Crippen LogP contribution in [0.1, 0.15) is 126 Å². The van der Waals surface area contributed by atoms with Gasteiger partial charge in [0.05, 0.1) is 6.04 Å². The van der Waals surface area contributed by atoms with Crippen molar-refractivity contribution in [1.82, 2.24) is 0 Å². The van der Waals surface area contributed by atoms with Crippen LogP contribution in [0.3, 0.4) is 0 Å². The second-order valence-corrected chi connectivity index (χ2v) is 18.7. The molecule has 0 aromatic heterocycles. The van der Waals surface area contributed by atoms with Crippen molar-refractivity contribution in [3.05, 3.63) is 143 Å². The van der Waals surface area contributed by atoms with Gasteiger partial charge in [0.2, 0.25) is 0 Å². The van der Waals surface area contributed by atoms with Crippen molar-refractivity contribution in [1.29, 1.82) is 0 Å². The number of halogens is 2. The first kappa shape index (κ1) is 36.6. The zero-order valence-electron chi connectivity index (χ0n) is 33.3. The van der Waals surface area contributed by atoms with Crippen LogP contribution in [0.5, 0.6) is 0 Å². The highest BCUT2D eigenvalue weighted by Gasteiger charge is 2.59. The van der Waals surface area contributed by atoms with E-state index in [1.54, 1.807) is 16.7 Å². The number of anilines is 1. The molecule has 2 aromatic rings. The zero-order valence-corrected chi connectivity index (χ0v) is 33.3. The molecule has 3 heteroatoms. The number of hydrogen-bond acceptors (Lipinski definition) is 1. The summed E-state index contributed by atoms with van der Waals surface area (Å²) >= 11 is 0. The van der Waals surface area contributed by atoms with E-state index in [2.05, 4.69) is 114 Å². The predicted molar refractivity (Wildman–Crippen MR) is 229 cm³/mol. The lowest BCUT2D eigenvalue weighted by Gasteiger charge is -2.51. The standard InChI is InChI=1S/C53H61F2N/c54-43-24-20-41(21-25-43)53(42-22-26-44(55)27-23-42)50-34-19-40-13-7-8-14-48(40)52(50)49-33-32-47(35-51(49)53)56(45-28-15-38(16-29-45)36-9-3-1-4-10-36)46-30-17-39(18-31-46)37-11-5-2-6-12-37/h1-5,9-11,15,17-19,28,30-31,33-35,38,40-45,47-48H,6-8,12-14,16,20-27,29,32H2. The van der Waals surface area contributed by atoms with E-state index in [9.17, 15) is 0 Å². The topological polar surface area (TPSA) is 3.24 Å². The van der Waals surface area contributed by atoms with Gasteiger partial charge in [0, 0.05) is 23.1 Å². The molecule has 0 N–H and O–H groups in total. The largest absolute Gasteiger partial charge is 0.358 e. The van der Waals surface area contributed by atoms with Gasteiger partial charge in [-0.1, -0.05) is 110 Å². The molecule has 0 saturated heterocycles. The molecule has 292 valence electrons. The van der Waals surface area contributed by atoms with Gasteiger partial charge in [0.25, 0.3) is 0 Å². The van der Waals surface area contributed by atoms with Crippen molar-refractivity contribution in [2.75, 3.05) is 4.90 Å². The lowest BCUT2D eigenvalue weighted by Crippen LogP contribution is -2.46. The molecule has 3 fully saturated rings. The Labute approximate surface area is 335 Å². The highest BCUT2D eigenvalue weighted by molar-refractivity contribution is 5.72. The molecule has 0 bridgehead atoms. The number of fused-ring (bicyclic) bond motifs is 4. The fourth-order valence-corrected chi connectivity index (χ4v) is 13.2. The Morgan fingerprint density at radius 2 is 1.41 bits per heavy atom. The van der Waals surface area contributed by atoms with Gasteiger partial charge in [-0.15, -0.1) is 0 Å². The van der Waals surface area contributed by atoms with Crippen LogP contribution in [-0.4, -0.2) is 24.4 Å². The second-order valence-electron chi connectivity index (χ2n) is 18.7. The second kappa shape index (κ2) is 15.6. The Morgan fingerprint density at radius 1 is 0.679 bits per heavy atom. The number of allylic oxidation sites excluding steroid dienone is 11. The van der Waals surface area contributed by atoms with Crippen LogP contribution < -0.4 is 4.90 Å². The summed E-state index contributed by atoms with van der Waals surface area (Å²) in [6.45, 7) is 0. The fourth-order valence-electron chi connectivity index (χ4n) is 13.2. The third-order valence-electron chi connectivity index (χ3n) is 15.8. The Bertz CT molecular complexity index is 1940. The van der Waals surface area contributed by atoms with E-state index < -0.39 is 12.3 Å². The molecule has 5 unspecified atom stereocenters. The van der Waals surface area contributed by atoms with Crippen molar-refractivity contribution >= 4 is 11.3 Å². The zero-order chi connectivity index (χ0) is 37.6. The lowest BCUT2D eigenvalue weighted by molar-refractivity contribution is 0.0611. The quantitative estimate of drug-likeness (QED) is 0.255. The molecule has 0 aliphatic heterocycles. The maximum Gasteiger partial charge on any atom is 0.100 e. The van der Waals surface area contributed by atoms with Crippen molar-refractivity contribution in [3.63, 3.8) is 0 Å². The minimum atomic E-state index is -0.691. The fraction of sp³-hybridized carbons (Fsp3) is 0.509. The van der Waals surface area contributed by atoms with Crippen molar-refractivity contribution in [2.24, 2.45) is 29.1 Å². The molecule has 0 amide bonds. The van der Waals surface area contributed by atoms with Gasteiger partial charge >= 0.3 is 0 Å². The van der Waals surface area contributed by atoms with E-state index in [1.165, 1.54) is 53.6 Å². The molecule has 10 rings (SSSR count). The third-order valence-corrected chi connectivity index (χ3v) is 15.8. The van der Waals surface area contributed by atoms with Gasteiger partial charge in [0.15, 0.2) is 0 Å². The number of alkyl halides is 2. The maximum absolute atomic E-state index is 15.1. The predicted octanol–water partition coefficient (Wildman–Crippen LogP) is 14.1. The summed E-state index contributed by atoms with van der Waals surface area (Å²) < 4.78 is 30.1. The number of hydrogen-bond donors (Lipinski definition) is 0. The number of benzene rings is 2. The molecule has 8 aliphatic rings. The Kier molecular flexibility index (Phi) is 10.2. The van der Waals surface area contributed by atoms with Crippen LogP contribution in [0.25, 0.3) is 5.57 Å². The summed E-state index contributed by atoms with van der Waals surface area (Å²) in [6, 6.07) is 21.1. The molecule has 0 spiro atoms. The first-order valence-corrected chi connectivity index (χ1v) is 22.7. The summed E-state index contributed by atoms with van der Waals surface area (Å²) in [6.07, 6.45) is 38.0. The van der Waals surface area contributed by atoms with Gasteiger partial charge in [-0.3, -0.25) is 0 Å². The molecular weight excluding hydrogens is 689 g/mol. The minimum absolute atomic E-state index is 0.156. The minimum Gasteiger partial charge on any atom is -0.358 e. The Morgan fingerprint density at radius 3 is 2.09 bits per heavy atom. The summed E-state index contributed by atoms with van der Waals surface area (Å²) in [5.74, 6) is 2.44. The Balaban J connectivity index is 1.09. The van der Waals surface area contributed by atoms with Crippen molar-refractivity contribution in [3.8, 4) is 0 Å². The summed E-state index contributed by atoms with van der Waals surface area (Å²) in [7, 11) is 0. The average molecular weight is 750 g/mol. The van der Waals surface area contributed by atoms with E-state index in [-0.39, 0.29) is 11.5 Å². The lowest BCUT2D eigenvalue weighted by atomic mass is 9.53. The van der Waals surface area contributed by atoms with Crippen LogP contribution in [0.4, 0.5) is 14.5 Å². The van der Waals surface area contributed by atoms with E-state index in [4.69, 9.17) is 0 Å². The van der Waals surface area contributed by atoms with E-state index in [1.807, 2.05) is 0 Å². The summed E-state index contributed by atoms with van der Waals surface area (Å²) in [5, 5.41) is 0. The molecule has 0 heterocycles. The third kappa shape index (κ3) is 6.48. The van der Waals surface area contributed by atoms with Crippen LogP contribution in [-0.2, 0) is 0 Å². The highest BCUT2D eigenvalue weighted by atomic mass is 19.1. The highest BCUT2D eigenvalue weighted by Crippen LogP contribution is 2.68. The molecule has 1 nitrogen and oxygen atoms in total. The van der Waals surface area contributed by atoms with Crippen LogP contribution >= 0.6 is 0 Å². The number of rotatable bonds is 7. The first-order valence-electron chi connectivity index (χ1n) is 22.7. The molecule has 2 aromatic carbocycles.